The molecule has 126 valence electrons. The van der Waals surface area contributed by atoms with E-state index in [0.717, 1.165) is 33.3 Å². The second-order valence-electron chi connectivity index (χ2n) is 7.11. The van der Waals surface area contributed by atoms with Gasteiger partial charge in [-0.3, -0.25) is 0 Å². The first kappa shape index (κ1) is 16.9. The monoisotopic (exact) mass is 330 g/mol. The van der Waals surface area contributed by atoms with Gasteiger partial charge in [-0.15, -0.1) is 0 Å². The molecule has 0 heterocycles. The number of ether oxygens (including phenoxy) is 1. The van der Waals surface area contributed by atoms with Crippen LogP contribution in [0.4, 0.5) is 5.69 Å². The lowest BCUT2D eigenvalue weighted by Crippen LogP contribution is -2.27. The van der Waals surface area contributed by atoms with Crippen LogP contribution in [-0.2, 0) is 0 Å². The molecule has 0 unspecified atom stereocenters. The predicted molar refractivity (Wildman–Crippen MR) is 104 cm³/mol. The molecule has 0 radical (unpaired) electrons. The molecule has 3 heteroatoms. The molecule has 3 aromatic carbocycles. The van der Waals surface area contributed by atoms with Crippen molar-refractivity contribution in [3.63, 3.8) is 0 Å². The van der Waals surface area contributed by atoms with Crippen LogP contribution >= 0.6 is 0 Å². The molecule has 0 saturated carbocycles. The molecule has 0 aliphatic rings. The number of hydrogen-bond acceptors (Lipinski definition) is 3. The van der Waals surface area contributed by atoms with Crippen molar-refractivity contribution in [2.75, 3.05) is 12.4 Å². The average molecular weight is 330 g/mol. The summed E-state index contributed by atoms with van der Waals surface area (Å²) in [6, 6.07) is 20.5. The number of nitrogens with one attached hydrogen (secondary N) is 1. The minimum atomic E-state index is -0.157. The largest absolute Gasteiger partial charge is 0.497 e. The van der Waals surface area contributed by atoms with Gasteiger partial charge in [-0.1, -0.05) is 36.4 Å². The number of fused-ring (bicyclic) bond motifs is 1. The SMILES string of the molecule is COc1ccc(-c2cc3ccccc3c(C#N)c2NC(C)(C)C)cc1. The van der Waals surface area contributed by atoms with E-state index in [0.29, 0.717) is 5.56 Å². The standard InChI is InChI=1S/C22H22N2O/c1-22(2,3)24-21-19(15-9-11-17(25-4)12-10-15)13-16-7-5-6-8-18(16)20(21)14-23/h5-13,24H,1-4H3. The Morgan fingerprint density at radius 3 is 2.28 bits per heavy atom. The summed E-state index contributed by atoms with van der Waals surface area (Å²) in [6.45, 7) is 6.30. The first-order valence-electron chi connectivity index (χ1n) is 8.31. The molecule has 3 rings (SSSR count). The maximum absolute atomic E-state index is 9.86. The molecular formula is C22H22N2O. The van der Waals surface area contributed by atoms with E-state index in [1.54, 1.807) is 7.11 Å². The second-order valence-corrected chi connectivity index (χ2v) is 7.11. The van der Waals surface area contributed by atoms with Gasteiger partial charge in [0.05, 0.1) is 18.4 Å². The van der Waals surface area contributed by atoms with Gasteiger partial charge in [0.25, 0.3) is 0 Å². The highest BCUT2D eigenvalue weighted by Gasteiger charge is 2.19. The molecule has 25 heavy (non-hydrogen) atoms. The molecular weight excluding hydrogens is 308 g/mol. The van der Waals surface area contributed by atoms with Crippen molar-refractivity contribution in [2.45, 2.75) is 26.3 Å². The van der Waals surface area contributed by atoms with Crippen LogP contribution in [0.3, 0.4) is 0 Å². The van der Waals surface area contributed by atoms with Gasteiger partial charge in [0.2, 0.25) is 0 Å². The van der Waals surface area contributed by atoms with Crippen LogP contribution in [-0.4, -0.2) is 12.6 Å². The van der Waals surface area contributed by atoms with Crippen molar-refractivity contribution in [3.05, 3.63) is 60.2 Å². The molecule has 0 aliphatic carbocycles. The van der Waals surface area contributed by atoms with E-state index in [1.165, 1.54) is 0 Å². The zero-order chi connectivity index (χ0) is 18.0. The molecule has 0 amide bonds. The van der Waals surface area contributed by atoms with Crippen molar-refractivity contribution < 1.29 is 4.74 Å². The summed E-state index contributed by atoms with van der Waals surface area (Å²) in [5, 5.41) is 15.4. The molecule has 3 aromatic rings. The highest BCUT2D eigenvalue weighted by molar-refractivity contribution is 6.00. The third-order valence-electron chi connectivity index (χ3n) is 4.06. The Morgan fingerprint density at radius 1 is 1.00 bits per heavy atom. The molecule has 0 aromatic heterocycles. The fourth-order valence-electron chi connectivity index (χ4n) is 2.97. The average Bonchev–Trinajstić information content (AvgIpc) is 2.60. The van der Waals surface area contributed by atoms with Crippen LogP contribution < -0.4 is 10.1 Å². The number of benzene rings is 3. The van der Waals surface area contributed by atoms with Gasteiger partial charge in [-0.25, -0.2) is 0 Å². The van der Waals surface area contributed by atoms with Crippen LogP contribution in [0.15, 0.2) is 54.6 Å². The number of hydrogen-bond donors (Lipinski definition) is 1. The fourth-order valence-corrected chi connectivity index (χ4v) is 2.97. The third kappa shape index (κ3) is 3.44. The zero-order valence-corrected chi connectivity index (χ0v) is 15.1. The van der Waals surface area contributed by atoms with E-state index < -0.39 is 0 Å². The topological polar surface area (TPSA) is 45.0 Å². The lowest BCUT2D eigenvalue weighted by molar-refractivity contribution is 0.415. The summed E-state index contributed by atoms with van der Waals surface area (Å²) in [7, 11) is 1.66. The number of anilines is 1. The van der Waals surface area contributed by atoms with E-state index in [9.17, 15) is 5.26 Å². The summed E-state index contributed by atoms with van der Waals surface area (Å²) in [5.41, 5.74) is 3.47. The van der Waals surface area contributed by atoms with Crippen LogP contribution in [0.5, 0.6) is 5.75 Å². The molecule has 0 aliphatic heterocycles. The summed E-state index contributed by atoms with van der Waals surface area (Å²) >= 11 is 0. The van der Waals surface area contributed by atoms with E-state index in [4.69, 9.17) is 4.74 Å². The Morgan fingerprint density at radius 2 is 1.68 bits per heavy atom. The number of nitrogens with zero attached hydrogens (tertiary/aromatic N) is 1. The van der Waals surface area contributed by atoms with Crippen molar-refractivity contribution in [1.82, 2.24) is 0 Å². The molecule has 0 saturated heterocycles. The van der Waals surface area contributed by atoms with Crippen molar-refractivity contribution in [1.29, 1.82) is 5.26 Å². The van der Waals surface area contributed by atoms with Crippen LogP contribution in [0.1, 0.15) is 26.3 Å². The Kier molecular flexibility index (Phi) is 4.37. The Hall–Kier alpha value is -2.99. The molecule has 3 nitrogen and oxygen atoms in total. The molecule has 0 bridgehead atoms. The molecule has 0 fully saturated rings. The van der Waals surface area contributed by atoms with E-state index >= 15 is 0 Å². The molecule has 0 atom stereocenters. The predicted octanol–water partition coefficient (Wildman–Crippen LogP) is 5.60. The first-order valence-corrected chi connectivity index (χ1v) is 8.31. The van der Waals surface area contributed by atoms with Gasteiger partial charge in [-0.05, 0) is 49.9 Å². The van der Waals surface area contributed by atoms with Gasteiger partial charge in [0, 0.05) is 16.5 Å². The smallest absolute Gasteiger partial charge is 0.118 e. The normalized spacial score (nSPS) is 11.2. The third-order valence-corrected chi connectivity index (χ3v) is 4.06. The van der Waals surface area contributed by atoms with Crippen molar-refractivity contribution >= 4 is 16.5 Å². The minimum absolute atomic E-state index is 0.157. The minimum Gasteiger partial charge on any atom is -0.497 e. The molecule has 1 N–H and O–H groups in total. The van der Waals surface area contributed by atoms with Crippen LogP contribution in [0.25, 0.3) is 21.9 Å². The highest BCUT2D eigenvalue weighted by atomic mass is 16.5. The summed E-state index contributed by atoms with van der Waals surface area (Å²) in [6.07, 6.45) is 0. The number of nitriles is 1. The maximum atomic E-state index is 9.86. The molecule has 0 spiro atoms. The lowest BCUT2D eigenvalue weighted by Gasteiger charge is -2.26. The highest BCUT2D eigenvalue weighted by Crippen LogP contribution is 2.38. The summed E-state index contributed by atoms with van der Waals surface area (Å²) < 4.78 is 5.26. The van der Waals surface area contributed by atoms with Crippen molar-refractivity contribution in [2.24, 2.45) is 0 Å². The summed E-state index contributed by atoms with van der Waals surface area (Å²) in [4.78, 5) is 0. The van der Waals surface area contributed by atoms with Gasteiger partial charge in [0.15, 0.2) is 0 Å². The van der Waals surface area contributed by atoms with E-state index in [2.05, 4.69) is 38.2 Å². The second kappa shape index (κ2) is 6.49. The first-order chi connectivity index (χ1) is 11.9. The maximum Gasteiger partial charge on any atom is 0.118 e. The Labute approximate surface area is 148 Å². The van der Waals surface area contributed by atoms with Crippen LogP contribution in [0.2, 0.25) is 0 Å². The quantitative estimate of drug-likeness (QED) is 0.680. The fraction of sp³-hybridized carbons (Fsp3) is 0.227. The summed E-state index contributed by atoms with van der Waals surface area (Å²) in [5.74, 6) is 0.815. The lowest BCUT2D eigenvalue weighted by atomic mass is 9.93. The van der Waals surface area contributed by atoms with E-state index in [1.807, 2.05) is 48.5 Å². The van der Waals surface area contributed by atoms with Gasteiger partial charge >= 0.3 is 0 Å². The van der Waals surface area contributed by atoms with Gasteiger partial charge in [-0.2, -0.15) is 5.26 Å². The zero-order valence-electron chi connectivity index (χ0n) is 15.1. The van der Waals surface area contributed by atoms with Gasteiger partial charge < -0.3 is 10.1 Å². The number of rotatable bonds is 3. The Balaban J connectivity index is 2.31. The van der Waals surface area contributed by atoms with E-state index in [-0.39, 0.29) is 5.54 Å². The number of methoxy groups -OCH3 is 1. The van der Waals surface area contributed by atoms with Crippen LogP contribution in [0, 0.1) is 11.3 Å². The Bertz CT molecular complexity index is 945. The van der Waals surface area contributed by atoms with Crippen molar-refractivity contribution in [3.8, 4) is 22.9 Å². The van der Waals surface area contributed by atoms with Gasteiger partial charge in [0.1, 0.15) is 11.8 Å².